The van der Waals surface area contributed by atoms with Gasteiger partial charge in [0, 0.05) is 12.1 Å². The van der Waals surface area contributed by atoms with Crippen LogP contribution in [0.2, 0.25) is 0 Å². The van der Waals surface area contributed by atoms with Crippen molar-refractivity contribution >= 4 is 16.9 Å². The van der Waals surface area contributed by atoms with Gasteiger partial charge in [0.25, 0.3) is 5.91 Å². The van der Waals surface area contributed by atoms with Crippen molar-refractivity contribution in [3.8, 4) is 11.5 Å². The van der Waals surface area contributed by atoms with Crippen LogP contribution in [-0.4, -0.2) is 28.7 Å². The minimum absolute atomic E-state index is 0.0283. The van der Waals surface area contributed by atoms with Gasteiger partial charge in [-0.05, 0) is 51.1 Å². The van der Waals surface area contributed by atoms with E-state index in [-0.39, 0.29) is 12.0 Å². The summed E-state index contributed by atoms with van der Waals surface area (Å²) in [6, 6.07) is 13.2. The van der Waals surface area contributed by atoms with E-state index in [9.17, 15) is 4.79 Å². The third-order valence-corrected chi connectivity index (χ3v) is 4.25. The highest BCUT2D eigenvalue weighted by atomic mass is 16.5. The van der Waals surface area contributed by atoms with Crippen LogP contribution in [0.5, 0.6) is 11.5 Å². The van der Waals surface area contributed by atoms with E-state index in [4.69, 9.17) is 9.47 Å². The molecule has 0 spiro atoms. The van der Waals surface area contributed by atoms with E-state index in [1.165, 1.54) is 0 Å². The number of benzene rings is 2. The number of amides is 1. The Labute approximate surface area is 159 Å². The predicted octanol–water partition coefficient (Wildman–Crippen LogP) is 3.78. The van der Waals surface area contributed by atoms with Crippen LogP contribution < -0.4 is 14.8 Å². The van der Waals surface area contributed by atoms with Crippen molar-refractivity contribution in [3.05, 3.63) is 53.9 Å². The van der Waals surface area contributed by atoms with Crippen LogP contribution in [0, 0.1) is 0 Å². The summed E-state index contributed by atoms with van der Waals surface area (Å²) in [7, 11) is 1.56. The van der Waals surface area contributed by atoms with Gasteiger partial charge in [-0.3, -0.25) is 4.79 Å². The molecule has 6 nitrogen and oxygen atoms in total. The van der Waals surface area contributed by atoms with E-state index >= 15 is 0 Å². The number of carbonyl (C=O) groups excluding carboxylic acids is 1. The van der Waals surface area contributed by atoms with Crippen molar-refractivity contribution in [1.82, 2.24) is 14.9 Å². The first-order valence-corrected chi connectivity index (χ1v) is 9.10. The summed E-state index contributed by atoms with van der Waals surface area (Å²) in [5.41, 5.74) is 2.52. The fraction of sp³-hybridized carbons (Fsp3) is 0.333. The lowest BCUT2D eigenvalue weighted by Crippen LogP contribution is -2.24. The standard InChI is InChI=1S/C21H25N3O3/c1-5-24-17-9-7-6-8-16(17)23-20(24)13-22-21(25)15-10-11-18(27-14(2)3)19(12-15)26-4/h6-12,14H,5,13H2,1-4H3,(H,22,25). The number of hydrogen-bond acceptors (Lipinski definition) is 4. The molecule has 0 aliphatic heterocycles. The zero-order valence-electron chi connectivity index (χ0n) is 16.2. The largest absolute Gasteiger partial charge is 0.493 e. The molecule has 3 aromatic rings. The molecular weight excluding hydrogens is 342 g/mol. The lowest BCUT2D eigenvalue weighted by Gasteiger charge is -2.14. The summed E-state index contributed by atoms with van der Waals surface area (Å²) in [6.07, 6.45) is 0.0283. The number of fused-ring (bicyclic) bond motifs is 1. The number of para-hydroxylation sites is 2. The number of hydrogen-bond donors (Lipinski definition) is 1. The summed E-state index contributed by atoms with van der Waals surface area (Å²) in [4.78, 5) is 17.2. The Morgan fingerprint density at radius 1 is 1.19 bits per heavy atom. The first-order valence-electron chi connectivity index (χ1n) is 9.10. The molecule has 0 fully saturated rings. The van der Waals surface area contributed by atoms with Gasteiger partial charge < -0.3 is 19.4 Å². The van der Waals surface area contributed by atoms with E-state index in [2.05, 4.69) is 21.8 Å². The van der Waals surface area contributed by atoms with Crippen molar-refractivity contribution in [1.29, 1.82) is 0 Å². The van der Waals surface area contributed by atoms with E-state index < -0.39 is 0 Å². The number of aryl methyl sites for hydroxylation is 1. The number of methoxy groups -OCH3 is 1. The van der Waals surface area contributed by atoms with Gasteiger partial charge in [0.05, 0.1) is 30.8 Å². The summed E-state index contributed by atoms with van der Waals surface area (Å²) >= 11 is 0. The number of imidazole rings is 1. The maximum absolute atomic E-state index is 12.6. The molecule has 0 bridgehead atoms. The number of ether oxygens (including phenoxy) is 2. The maximum atomic E-state index is 12.6. The molecule has 0 atom stereocenters. The van der Waals surface area contributed by atoms with Crippen LogP contribution >= 0.6 is 0 Å². The smallest absolute Gasteiger partial charge is 0.251 e. The molecule has 27 heavy (non-hydrogen) atoms. The first-order chi connectivity index (χ1) is 13.0. The maximum Gasteiger partial charge on any atom is 0.251 e. The number of aromatic nitrogens is 2. The average molecular weight is 367 g/mol. The van der Waals surface area contributed by atoms with E-state index in [0.29, 0.717) is 23.6 Å². The van der Waals surface area contributed by atoms with Crippen LogP contribution in [-0.2, 0) is 13.1 Å². The zero-order chi connectivity index (χ0) is 19.4. The van der Waals surface area contributed by atoms with Gasteiger partial charge in [0.2, 0.25) is 0 Å². The molecule has 0 radical (unpaired) electrons. The second kappa shape index (κ2) is 8.12. The molecule has 1 amide bonds. The number of nitrogens with one attached hydrogen (secondary N) is 1. The minimum atomic E-state index is -0.181. The van der Waals surface area contributed by atoms with Gasteiger partial charge in [-0.2, -0.15) is 0 Å². The molecule has 2 aromatic carbocycles. The number of rotatable bonds is 7. The van der Waals surface area contributed by atoms with Crippen LogP contribution in [0.3, 0.4) is 0 Å². The lowest BCUT2D eigenvalue weighted by molar-refractivity contribution is 0.0949. The van der Waals surface area contributed by atoms with Crippen molar-refractivity contribution < 1.29 is 14.3 Å². The van der Waals surface area contributed by atoms with Gasteiger partial charge in [0.15, 0.2) is 11.5 Å². The van der Waals surface area contributed by atoms with Gasteiger partial charge in [-0.1, -0.05) is 12.1 Å². The molecule has 1 aromatic heterocycles. The van der Waals surface area contributed by atoms with Crippen molar-refractivity contribution in [2.45, 2.75) is 40.0 Å². The Morgan fingerprint density at radius 3 is 2.67 bits per heavy atom. The molecule has 0 aliphatic rings. The number of carbonyl (C=O) groups is 1. The minimum Gasteiger partial charge on any atom is -0.493 e. The fourth-order valence-electron chi connectivity index (χ4n) is 3.03. The summed E-state index contributed by atoms with van der Waals surface area (Å²) in [5.74, 6) is 1.81. The molecule has 1 N–H and O–H groups in total. The Bertz CT molecular complexity index is 947. The van der Waals surface area contributed by atoms with E-state index in [0.717, 1.165) is 23.4 Å². The van der Waals surface area contributed by atoms with Crippen LogP contribution in [0.1, 0.15) is 37.0 Å². The van der Waals surface area contributed by atoms with Crippen LogP contribution in [0.15, 0.2) is 42.5 Å². The topological polar surface area (TPSA) is 65.4 Å². The summed E-state index contributed by atoms with van der Waals surface area (Å²) < 4.78 is 13.2. The fourth-order valence-corrected chi connectivity index (χ4v) is 3.03. The van der Waals surface area contributed by atoms with Crippen molar-refractivity contribution in [3.63, 3.8) is 0 Å². The first kappa shape index (κ1) is 18.8. The Balaban J connectivity index is 1.76. The second-order valence-corrected chi connectivity index (χ2v) is 6.48. The molecule has 142 valence electrons. The van der Waals surface area contributed by atoms with Crippen molar-refractivity contribution in [2.75, 3.05) is 7.11 Å². The lowest BCUT2D eigenvalue weighted by atomic mass is 10.2. The monoisotopic (exact) mass is 367 g/mol. The van der Waals surface area contributed by atoms with Gasteiger partial charge in [0.1, 0.15) is 5.82 Å². The Kier molecular flexibility index (Phi) is 5.64. The highest BCUT2D eigenvalue weighted by molar-refractivity contribution is 5.94. The average Bonchev–Trinajstić information content (AvgIpc) is 3.03. The summed E-state index contributed by atoms with van der Waals surface area (Å²) in [6.45, 7) is 7.10. The molecular formula is C21H25N3O3. The van der Waals surface area contributed by atoms with Gasteiger partial charge in [-0.25, -0.2) is 4.98 Å². The number of nitrogens with zero attached hydrogens (tertiary/aromatic N) is 2. The molecule has 6 heteroatoms. The Morgan fingerprint density at radius 2 is 1.96 bits per heavy atom. The van der Waals surface area contributed by atoms with E-state index in [1.807, 2.05) is 38.1 Å². The molecule has 0 saturated heterocycles. The normalized spacial score (nSPS) is 11.0. The molecule has 0 aliphatic carbocycles. The quantitative estimate of drug-likeness (QED) is 0.690. The summed E-state index contributed by atoms with van der Waals surface area (Å²) in [5, 5.41) is 2.94. The van der Waals surface area contributed by atoms with Crippen molar-refractivity contribution in [2.24, 2.45) is 0 Å². The van der Waals surface area contributed by atoms with Crippen LogP contribution in [0.4, 0.5) is 0 Å². The zero-order valence-corrected chi connectivity index (χ0v) is 16.2. The molecule has 0 saturated carbocycles. The van der Waals surface area contributed by atoms with Gasteiger partial charge >= 0.3 is 0 Å². The Hall–Kier alpha value is -3.02. The highest BCUT2D eigenvalue weighted by Gasteiger charge is 2.14. The van der Waals surface area contributed by atoms with Crippen LogP contribution in [0.25, 0.3) is 11.0 Å². The second-order valence-electron chi connectivity index (χ2n) is 6.48. The third kappa shape index (κ3) is 4.05. The van der Waals surface area contributed by atoms with Gasteiger partial charge in [-0.15, -0.1) is 0 Å². The third-order valence-electron chi connectivity index (χ3n) is 4.25. The molecule has 3 rings (SSSR count). The molecule has 1 heterocycles. The molecule has 0 unspecified atom stereocenters. The SMILES string of the molecule is CCn1c(CNC(=O)c2ccc(OC(C)C)c(OC)c2)nc2ccccc21. The van der Waals surface area contributed by atoms with E-state index in [1.54, 1.807) is 25.3 Å². The predicted molar refractivity (Wildman–Crippen MR) is 105 cm³/mol. The highest BCUT2D eigenvalue weighted by Crippen LogP contribution is 2.29.